The topological polar surface area (TPSA) is 79.2 Å². The normalized spacial score (nSPS) is 26.8. The van der Waals surface area contributed by atoms with Crippen LogP contribution in [0.4, 0.5) is 10.6 Å². The Hall–Kier alpha value is -2.61. The lowest BCUT2D eigenvalue weighted by atomic mass is 9.67. The lowest BCUT2D eigenvalue weighted by Gasteiger charge is -2.50. The molecule has 5 heterocycles. The van der Waals surface area contributed by atoms with Gasteiger partial charge >= 0.3 is 6.03 Å². The molecule has 3 fully saturated rings. The zero-order valence-electron chi connectivity index (χ0n) is 18.6. The van der Waals surface area contributed by atoms with Crippen molar-refractivity contribution in [3.63, 3.8) is 0 Å². The van der Waals surface area contributed by atoms with Gasteiger partial charge in [0.25, 0.3) is 5.91 Å². The highest BCUT2D eigenvalue weighted by atomic mass is 16.5. The third kappa shape index (κ3) is 3.19. The molecule has 31 heavy (non-hydrogen) atoms. The van der Waals surface area contributed by atoms with Gasteiger partial charge in [-0.2, -0.15) is 0 Å². The standard InChI is InChI=1S/C23H31N5O3/c1-16-10-18-12-24-15-28(18)19(11-16)26-7-6-23(22(2,3)14-26)20(29)27(21(30)25-23)13-17-4-8-31-9-5-17/h10-12,15,17H,4-9,13-14H2,1-3H3,(H,25,30). The van der Waals surface area contributed by atoms with Gasteiger partial charge in [-0.15, -0.1) is 0 Å². The fraction of sp³-hybridized carbons (Fsp3) is 0.609. The van der Waals surface area contributed by atoms with E-state index in [-0.39, 0.29) is 11.9 Å². The number of rotatable bonds is 3. The van der Waals surface area contributed by atoms with Crippen molar-refractivity contribution in [2.24, 2.45) is 11.3 Å². The number of nitrogens with one attached hydrogen (secondary N) is 1. The van der Waals surface area contributed by atoms with Crippen LogP contribution >= 0.6 is 0 Å². The number of imidazole rings is 1. The fourth-order valence-corrected chi connectivity index (χ4v) is 5.53. The minimum Gasteiger partial charge on any atom is -0.381 e. The van der Waals surface area contributed by atoms with Crippen molar-refractivity contribution in [3.8, 4) is 0 Å². The van der Waals surface area contributed by atoms with Crippen LogP contribution in [0, 0.1) is 18.3 Å². The lowest BCUT2D eigenvalue weighted by Crippen LogP contribution is -2.66. The Morgan fingerprint density at radius 1 is 1.23 bits per heavy atom. The first-order chi connectivity index (χ1) is 14.8. The predicted molar refractivity (Wildman–Crippen MR) is 117 cm³/mol. The van der Waals surface area contributed by atoms with Gasteiger partial charge in [-0.05, 0) is 49.8 Å². The van der Waals surface area contributed by atoms with Crippen LogP contribution in [0.15, 0.2) is 24.7 Å². The van der Waals surface area contributed by atoms with E-state index in [0.717, 1.165) is 24.2 Å². The number of aromatic nitrogens is 2. The molecule has 3 saturated heterocycles. The molecule has 2 aromatic heterocycles. The number of imide groups is 1. The second-order valence-corrected chi connectivity index (χ2v) is 9.94. The van der Waals surface area contributed by atoms with E-state index in [9.17, 15) is 9.59 Å². The van der Waals surface area contributed by atoms with Crippen molar-refractivity contribution in [1.82, 2.24) is 19.6 Å². The van der Waals surface area contributed by atoms with Crippen molar-refractivity contribution < 1.29 is 14.3 Å². The predicted octanol–water partition coefficient (Wildman–Crippen LogP) is 2.60. The van der Waals surface area contributed by atoms with Gasteiger partial charge in [0, 0.05) is 38.3 Å². The quantitative estimate of drug-likeness (QED) is 0.765. The summed E-state index contributed by atoms with van der Waals surface area (Å²) < 4.78 is 7.52. The number of carbonyl (C=O) groups excluding carboxylic acids is 2. The molecule has 1 unspecified atom stereocenters. The zero-order chi connectivity index (χ0) is 21.8. The van der Waals surface area contributed by atoms with Gasteiger partial charge in [0.2, 0.25) is 0 Å². The molecule has 0 aliphatic carbocycles. The number of pyridine rings is 1. The summed E-state index contributed by atoms with van der Waals surface area (Å²) in [5, 5.41) is 3.12. The Balaban J connectivity index is 1.40. The molecule has 0 aromatic carbocycles. The SMILES string of the molecule is Cc1cc(N2CCC3(NC(=O)N(CC4CCOCC4)C3=O)C(C)(C)C2)n2cncc2c1. The van der Waals surface area contributed by atoms with Crippen molar-refractivity contribution in [1.29, 1.82) is 0 Å². The molecular weight excluding hydrogens is 394 g/mol. The number of hydrogen-bond donors (Lipinski definition) is 1. The van der Waals surface area contributed by atoms with Gasteiger partial charge in [-0.25, -0.2) is 9.78 Å². The third-order valence-corrected chi connectivity index (χ3v) is 7.43. The van der Waals surface area contributed by atoms with E-state index in [1.54, 1.807) is 0 Å². The zero-order valence-corrected chi connectivity index (χ0v) is 18.6. The Morgan fingerprint density at radius 2 is 2.00 bits per heavy atom. The number of nitrogens with zero attached hydrogens (tertiary/aromatic N) is 4. The first kappa shape index (κ1) is 20.3. The van der Waals surface area contributed by atoms with Crippen LogP contribution in [0.2, 0.25) is 0 Å². The summed E-state index contributed by atoms with van der Waals surface area (Å²) in [6.07, 6.45) is 6.07. The molecule has 3 amide bonds. The van der Waals surface area contributed by atoms with Gasteiger partial charge in [0.1, 0.15) is 17.7 Å². The number of fused-ring (bicyclic) bond motifs is 1. The van der Waals surface area contributed by atoms with E-state index in [4.69, 9.17) is 4.74 Å². The average Bonchev–Trinajstić information content (AvgIpc) is 3.29. The van der Waals surface area contributed by atoms with Crippen LogP contribution in [0.1, 0.15) is 38.7 Å². The Labute approximate surface area is 182 Å². The molecule has 0 radical (unpaired) electrons. The second-order valence-electron chi connectivity index (χ2n) is 9.94. The molecule has 3 aliphatic rings. The second kappa shape index (κ2) is 7.22. The average molecular weight is 426 g/mol. The van der Waals surface area contributed by atoms with Crippen LogP contribution in [0.3, 0.4) is 0 Å². The highest BCUT2D eigenvalue weighted by molar-refractivity contribution is 6.07. The molecule has 166 valence electrons. The molecule has 0 saturated carbocycles. The minimum atomic E-state index is -0.858. The molecule has 8 nitrogen and oxygen atoms in total. The van der Waals surface area contributed by atoms with E-state index in [1.807, 2.05) is 12.5 Å². The van der Waals surface area contributed by atoms with E-state index >= 15 is 0 Å². The van der Waals surface area contributed by atoms with Crippen molar-refractivity contribution in [2.75, 3.05) is 37.7 Å². The molecular formula is C23H31N5O3. The van der Waals surface area contributed by atoms with Crippen LogP contribution in [0.25, 0.3) is 5.52 Å². The first-order valence-corrected chi connectivity index (χ1v) is 11.2. The number of urea groups is 1. The van der Waals surface area contributed by atoms with E-state index in [1.165, 1.54) is 10.5 Å². The highest BCUT2D eigenvalue weighted by Crippen LogP contribution is 2.44. The van der Waals surface area contributed by atoms with Gasteiger partial charge in [-0.3, -0.25) is 14.1 Å². The van der Waals surface area contributed by atoms with E-state index < -0.39 is 11.0 Å². The Morgan fingerprint density at radius 3 is 2.74 bits per heavy atom. The number of hydrogen-bond acceptors (Lipinski definition) is 5. The number of ether oxygens (including phenoxy) is 1. The van der Waals surface area contributed by atoms with Crippen LogP contribution in [-0.2, 0) is 9.53 Å². The maximum atomic E-state index is 13.6. The van der Waals surface area contributed by atoms with Gasteiger partial charge < -0.3 is 15.0 Å². The summed E-state index contributed by atoms with van der Waals surface area (Å²) in [6, 6.07) is 4.03. The number of anilines is 1. The van der Waals surface area contributed by atoms with Gasteiger partial charge in [0.05, 0.1) is 11.7 Å². The highest BCUT2D eigenvalue weighted by Gasteiger charge is 2.61. The first-order valence-electron chi connectivity index (χ1n) is 11.2. The van der Waals surface area contributed by atoms with Crippen molar-refractivity contribution in [3.05, 3.63) is 30.2 Å². The number of aryl methyl sites for hydroxylation is 1. The molecule has 3 aliphatic heterocycles. The third-order valence-electron chi connectivity index (χ3n) is 7.43. The van der Waals surface area contributed by atoms with E-state index in [2.05, 4.69) is 52.5 Å². The summed E-state index contributed by atoms with van der Waals surface area (Å²) in [6.45, 7) is 9.54. The van der Waals surface area contributed by atoms with Crippen molar-refractivity contribution in [2.45, 2.75) is 45.6 Å². The molecule has 2 aromatic rings. The smallest absolute Gasteiger partial charge is 0.325 e. The molecule has 1 atom stereocenters. The lowest BCUT2D eigenvalue weighted by molar-refractivity contribution is -0.137. The summed E-state index contributed by atoms with van der Waals surface area (Å²) in [5.74, 6) is 1.33. The van der Waals surface area contributed by atoms with Crippen molar-refractivity contribution >= 4 is 23.3 Å². The monoisotopic (exact) mass is 425 g/mol. The molecule has 8 heteroatoms. The molecule has 1 spiro atoms. The minimum absolute atomic E-state index is 0.0642. The summed E-state index contributed by atoms with van der Waals surface area (Å²) >= 11 is 0. The largest absolute Gasteiger partial charge is 0.381 e. The van der Waals surface area contributed by atoms with Gasteiger partial charge in [-0.1, -0.05) is 13.8 Å². The maximum Gasteiger partial charge on any atom is 0.325 e. The molecule has 5 rings (SSSR count). The van der Waals surface area contributed by atoms with Crippen LogP contribution < -0.4 is 10.2 Å². The maximum absolute atomic E-state index is 13.6. The van der Waals surface area contributed by atoms with Crippen LogP contribution in [-0.4, -0.2) is 64.6 Å². The summed E-state index contributed by atoms with van der Waals surface area (Å²) in [5.41, 5.74) is 0.942. The fourth-order valence-electron chi connectivity index (χ4n) is 5.53. The van der Waals surface area contributed by atoms with Crippen LogP contribution in [0.5, 0.6) is 0 Å². The number of piperidine rings is 1. The Kier molecular flexibility index (Phi) is 4.73. The van der Waals surface area contributed by atoms with Gasteiger partial charge in [0.15, 0.2) is 0 Å². The Bertz CT molecular complexity index is 1030. The summed E-state index contributed by atoms with van der Waals surface area (Å²) in [4.78, 5) is 34.6. The number of amides is 3. The van der Waals surface area contributed by atoms with E-state index in [0.29, 0.717) is 45.2 Å². The molecule has 1 N–H and O–H groups in total. The summed E-state index contributed by atoms with van der Waals surface area (Å²) in [7, 11) is 0. The number of carbonyl (C=O) groups is 2. The molecule has 0 bridgehead atoms.